The van der Waals surface area contributed by atoms with Crippen molar-refractivity contribution in [3.8, 4) is 11.5 Å². The minimum atomic E-state index is -0.129. The van der Waals surface area contributed by atoms with Crippen LogP contribution >= 0.6 is 0 Å². The predicted molar refractivity (Wildman–Crippen MR) is 70.4 cm³/mol. The van der Waals surface area contributed by atoms with Gasteiger partial charge in [0.25, 0.3) is 5.91 Å². The first-order valence-electron chi connectivity index (χ1n) is 6.14. The smallest absolute Gasteiger partial charge is 0.256 e. The number of ether oxygens (including phenoxy) is 3. The van der Waals surface area contributed by atoms with Gasteiger partial charge in [0.05, 0.1) is 12.2 Å². The van der Waals surface area contributed by atoms with E-state index < -0.39 is 0 Å². The molecule has 6 heteroatoms. The van der Waals surface area contributed by atoms with Gasteiger partial charge in [-0.1, -0.05) is 0 Å². The lowest BCUT2D eigenvalue weighted by Crippen LogP contribution is -2.34. The molecule has 1 amide bonds. The van der Waals surface area contributed by atoms with E-state index in [2.05, 4.69) is 0 Å². The van der Waals surface area contributed by atoms with Crippen LogP contribution in [0.25, 0.3) is 0 Å². The molecule has 0 fully saturated rings. The number of benzene rings is 1. The third-order valence-electron chi connectivity index (χ3n) is 3.01. The van der Waals surface area contributed by atoms with Gasteiger partial charge in [0, 0.05) is 32.0 Å². The summed E-state index contributed by atoms with van der Waals surface area (Å²) in [5.74, 6) is 1.00. The Bertz CT molecular complexity index is 476. The third kappa shape index (κ3) is 2.73. The fourth-order valence-electron chi connectivity index (χ4n) is 1.92. The molecule has 2 rings (SSSR count). The quantitative estimate of drug-likeness (QED) is 0.808. The van der Waals surface area contributed by atoms with Gasteiger partial charge in [-0.15, -0.1) is 0 Å². The van der Waals surface area contributed by atoms with Gasteiger partial charge in [0.1, 0.15) is 0 Å². The lowest BCUT2D eigenvalue weighted by molar-refractivity contribution is 0.0707. The topological polar surface area (TPSA) is 74.0 Å². The van der Waals surface area contributed by atoms with Crippen LogP contribution in [0, 0.1) is 0 Å². The number of carbonyl (C=O) groups excluding carboxylic acids is 1. The SMILES string of the molecule is CCN(CCOC)C(=O)c1cc2c(cc1N)OCO2. The fraction of sp³-hybridized carbons (Fsp3) is 0.462. The first-order valence-corrected chi connectivity index (χ1v) is 6.14. The fourth-order valence-corrected chi connectivity index (χ4v) is 1.92. The standard InChI is InChI=1S/C13H18N2O4/c1-3-15(4-5-17-2)13(16)9-6-11-12(7-10(9)14)19-8-18-11/h6-7H,3-5,8,14H2,1-2H3. The largest absolute Gasteiger partial charge is 0.454 e. The molecule has 1 aromatic carbocycles. The zero-order valence-corrected chi connectivity index (χ0v) is 11.1. The maximum absolute atomic E-state index is 12.4. The number of methoxy groups -OCH3 is 1. The van der Waals surface area contributed by atoms with E-state index in [0.29, 0.717) is 42.4 Å². The Kier molecular flexibility index (Phi) is 4.11. The van der Waals surface area contributed by atoms with Gasteiger partial charge < -0.3 is 24.8 Å². The Balaban J connectivity index is 2.22. The number of hydrogen-bond acceptors (Lipinski definition) is 5. The van der Waals surface area contributed by atoms with Crippen LogP contribution < -0.4 is 15.2 Å². The first-order chi connectivity index (χ1) is 9.17. The molecule has 0 aliphatic carbocycles. The number of hydrogen-bond donors (Lipinski definition) is 1. The van der Waals surface area contributed by atoms with Gasteiger partial charge in [0.2, 0.25) is 6.79 Å². The zero-order chi connectivity index (χ0) is 13.8. The molecular formula is C13H18N2O4. The van der Waals surface area contributed by atoms with Crippen LogP contribution in [0.4, 0.5) is 5.69 Å². The van der Waals surface area contributed by atoms with Crippen molar-refractivity contribution >= 4 is 11.6 Å². The molecule has 0 aromatic heterocycles. The normalized spacial score (nSPS) is 12.5. The number of nitrogens with zero attached hydrogens (tertiary/aromatic N) is 1. The van der Waals surface area contributed by atoms with Gasteiger partial charge in [-0.3, -0.25) is 4.79 Å². The summed E-state index contributed by atoms with van der Waals surface area (Å²) < 4.78 is 15.5. The van der Waals surface area contributed by atoms with Gasteiger partial charge in [-0.2, -0.15) is 0 Å². The van der Waals surface area contributed by atoms with Crippen LogP contribution in [0.15, 0.2) is 12.1 Å². The second-order valence-corrected chi connectivity index (χ2v) is 4.17. The second-order valence-electron chi connectivity index (χ2n) is 4.17. The number of anilines is 1. The summed E-state index contributed by atoms with van der Waals surface area (Å²) in [6.45, 7) is 3.68. The van der Waals surface area contributed by atoms with E-state index in [0.717, 1.165) is 0 Å². The van der Waals surface area contributed by atoms with Crippen molar-refractivity contribution < 1.29 is 19.0 Å². The number of nitrogens with two attached hydrogens (primary N) is 1. The van der Waals surface area contributed by atoms with Gasteiger partial charge in [-0.05, 0) is 13.0 Å². The Morgan fingerprint density at radius 3 is 2.74 bits per heavy atom. The molecule has 1 aromatic rings. The van der Waals surface area contributed by atoms with Crippen molar-refractivity contribution in [1.29, 1.82) is 0 Å². The number of fused-ring (bicyclic) bond motifs is 1. The Morgan fingerprint density at radius 1 is 1.42 bits per heavy atom. The summed E-state index contributed by atoms with van der Waals surface area (Å²) in [6, 6.07) is 3.26. The molecule has 0 spiro atoms. The molecule has 2 N–H and O–H groups in total. The number of carbonyl (C=O) groups is 1. The monoisotopic (exact) mass is 266 g/mol. The highest BCUT2D eigenvalue weighted by molar-refractivity contribution is 6.00. The Morgan fingerprint density at radius 2 is 2.11 bits per heavy atom. The molecule has 0 unspecified atom stereocenters. The van der Waals surface area contributed by atoms with Crippen molar-refractivity contribution in [3.63, 3.8) is 0 Å². The maximum Gasteiger partial charge on any atom is 0.256 e. The molecule has 0 bridgehead atoms. The van der Waals surface area contributed by atoms with E-state index in [1.807, 2.05) is 6.92 Å². The average Bonchev–Trinajstić information content (AvgIpc) is 2.85. The van der Waals surface area contributed by atoms with Crippen LogP contribution in [-0.4, -0.2) is 44.4 Å². The lowest BCUT2D eigenvalue weighted by Gasteiger charge is -2.21. The molecule has 1 aliphatic rings. The van der Waals surface area contributed by atoms with E-state index in [1.165, 1.54) is 0 Å². The Labute approximate surface area is 112 Å². The second kappa shape index (κ2) is 5.79. The van der Waals surface area contributed by atoms with Crippen molar-refractivity contribution in [2.24, 2.45) is 0 Å². The number of likely N-dealkylation sites (N-methyl/N-ethyl adjacent to an activating group) is 1. The maximum atomic E-state index is 12.4. The molecule has 0 saturated carbocycles. The highest BCUT2D eigenvalue weighted by Crippen LogP contribution is 2.36. The van der Waals surface area contributed by atoms with Crippen LogP contribution in [0.2, 0.25) is 0 Å². The van der Waals surface area contributed by atoms with Gasteiger partial charge in [-0.25, -0.2) is 0 Å². The highest BCUT2D eigenvalue weighted by atomic mass is 16.7. The number of amides is 1. The molecule has 1 aliphatic heterocycles. The van der Waals surface area contributed by atoms with E-state index in [4.69, 9.17) is 19.9 Å². The van der Waals surface area contributed by atoms with Crippen LogP contribution in [-0.2, 0) is 4.74 Å². The number of nitrogen functional groups attached to an aromatic ring is 1. The highest BCUT2D eigenvalue weighted by Gasteiger charge is 2.22. The van der Waals surface area contributed by atoms with Crippen molar-refractivity contribution in [1.82, 2.24) is 4.90 Å². The summed E-state index contributed by atoms with van der Waals surface area (Å²) in [4.78, 5) is 14.1. The minimum absolute atomic E-state index is 0.129. The van der Waals surface area contributed by atoms with Gasteiger partial charge >= 0.3 is 0 Å². The molecule has 104 valence electrons. The molecule has 1 heterocycles. The summed E-state index contributed by atoms with van der Waals surface area (Å²) in [5, 5.41) is 0. The minimum Gasteiger partial charge on any atom is -0.454 e. The molecule has 0 atom stereocenters. The summed E-state index contributed by atoms with van der Waals surface area (Å²) in [5.41, 5.74) is 6.73. The molecule has 0 radical (unpaired) electrons. The van der Waals surface area contributed by atoms with Crippen molar-refractivity contribution in [2.45, 2.75) is 6.92 Å². The third-order valence-corrected chi connectivity index (χ3v) is 3.01. The lowest BCUT2D eigenvalue weighted by atomic mass is 10.1. The van der Waals surface area contributed by atoms with Crippen LogP contribution in [0.3, 0.4) is 0 Å². The van der Waals surface area contributed by atoms with Gasteiger partial charge in [0.15, 0.2) is 11.5 Å². The van der Waals surface area contributed by atoms with E-state index >= 15 is 0 Å². The molecule has 19 heavy (non-hydrogen) atoms. The average molecular weight is 266 g/mol. The summed E-state index contributed by atoms with van der Waals surface area (Å²) in [7, 11) is 1.60. The first kappa shape index (κ1) is 13.5. The predicted octanol–water partition coefficient (Wildman–Crippen LogP) is 1.11. The van der Waals surface area contributed by atoms with Crippen molar-refractivity contribution in [2.75, 3.05) is 39.3 Å². The summed E-state index contributed by atoms with van der Waals surface area (Å²) in [6.07, 6.45) is 0. The molecular weight excluding hydrogens is 248 g/mol. The van der Waals surface area contributed by atoms with Crippen LogP contribution in [0.1, 0.15) is 17.3 Å². The van der Waals surface area contributed by atoms with E-state index in [-0.39, 0.29) is 12.7 Å². The van der Waals surface area contributed by atoms with E-state index in [9.17, 15) is 4.79 Å². The zero-order valence-electron chi connectivity index (χ0n) is 11.1. The summed E-state index contributed by atoms with van der Waals surface area (Å²) >= 11 is 0. The molecule has 6 nitrogen and oxygen atoms in total. The van der Waals surface area contributed by atoms with Crippen molar-refractivity contribution in [3.05, 3.63) is 17.7 Å². The Hall–Kier alpha value is -1.95. The van der Waals surface area contributed by atoms with E-state index in [1.54, 1.807) is 24.1 Å². The number of rotatable bonds is 5. The van der Waals surface area contributed by atoms with Crippen LogP contribution in [0.5, 0.6) is 11.5 Å². The molecule has 0 saturated heterocycles.